The van der Waals surface area contributed by atoms with Crippen molar-refractivity contribution in [2.45, 2.75) is 12.8 Å². The van der Waals surface area contributed by atoms with Crippen molar-refractivity contribution in [2.75, 3.05) is 46.5 Å². The minimum atomic E-state index is 0. The Kier molecular flexibility index (Phi) is 7.34. The topological polar surface area (TPSA) is 50.8 Å². The van der Waals surface area contributed by atoms with E-state index in [9.17, 15) is 4.79 Å². The highest BCUT2D eigenvalue weighted by Gasteiger charge is 2.31. The molecule has 1 N–H and O–H groups in total. The molecule has 2 heterocycles. The second kappa shape index (κ2) is 9.25. The number of nitrogens with zero attached hydrogens (tertiary/aromatic N) is 1. The first-order valence-corrected chi connectivity index (χ1v) is 8.49. The van der Waals surface area contributed by atoms with Gasteiger partial charge in [0, 0.05) is 25.8 Å². The molecule has 134 valence electrons. The van der Waals surface area contributed by atoms with Crippen LogP contribution in [0.4, 0.5) is 0 Å². The number of benzene rings is 1. The van der Waals surface area contributed by atoms with Crippen LogP contribution in [0.15, 0.2) is 24.3 Å². The minimum Gasteiger partial charge on any atom is -0.491 e. The number of rotatable bonds is 5. The van der Waals surface area contributed by atoms with Gasteiger partial charge in [-0.05, 0) is 56.0 Å². The van der Waals surface area contributed by atoms with Gasteiger partial charge in [0.2, 0.25) is 0 Å². The Balaban J connectivity index is 0.00000208. The van der Waals surface area contributed by atoms with Gasteiger partial charge in [0.05, 0.1) is 6.61 Å². The smallest absolute Gasteiger partial charge is 0.253 e. The van der Waals surface area contributed by atoms with E-state index in [2.05, 4.69) is 5.32 Å². The average molecular weight is 355 g/mol. The fourth-order valence-electron chi connectivity index (χ4n) is 3.57. The average Bonchev–Trinajstić information content (AvgIpc) is 2.93. The Hall–Kier alpha value is -1.30. The molecule has 3 rings (SSSR count). The van der Waals surface area contributed by atoms with Gasteiger partial charge >= 0.3 is 0 Å². The third-order valence-corrected chi connectivity index (χ3v) is 4.94. The molecule has 2 aliphatic rings. The predicted octanol–water partition coefficient (Wildman–Crippen LogP) is 2.21. The molecule has 5 nitrogen and oxygen atoms in total. The van der Waals surface area contributed by atoms with Gasteiger partial charge in [-0.2, -0.15) is 0 Å². The number of halogens is 1. The van der Waals surface area contributed by atoms with Crippen LogP contribution in [-0.2, 0) is 4.74 Å². The van der Waals surface area contributed by atoms with Crippen LogP contribution in [0, 0.1) is 11.8 Å². The van der Waals surface area contributed by atoms with Crippen molar-refractivity contribution in [2.24, 2.45) is 11.8 Å². The quantitative estimate of drug-likeness (QED) is 0.824. The van der Waals surface area contributed by atoms with E-state index in [1.54, 1.807) is 7.11 Å². The number of ether oxygens (including phenoxy) is 2. The van der Waals surface area contributed by atoms with E-state index in [1.807, 2.05) is 29.2 Å². The Bertz CT molecular complexity index is 527. The second-order valence-electron chi connectivity index (χ2n) is 6.42. The Labute approximate surface area is 150 Å². The van der Waals surface area contributed by atoms with E-state index in [1.165, 1.54) is 0 Å². The summed E-state index contributed by atoms with van der Waals surface area (Å²) in [4.78, 5) is 14.8. The van der Waals surface area contributed by atoms with Gasteiger partial charge in [-0.25, -0.2) is 0 Å². The fraction of sp³-hybridized carbons (Fsp3) is 0.611. The van der Waals surface area contributed by atoms with Crippen LogP contribution in [-0.4, -0.2) is 57.3 Å². The molecule has 0 unspecified atom stereocenters. The summed E-state index contributed by atoms with van der Waals surface area (Å²) < 4.78 is 10.6. The number of fused-ring (bicyclic) bond motifs is 1. The molecule has 1 aromatic carbocycles. The summed E-state index contributed by atoms with van der Waals surface area (Å²) in [7, 11) is 1.65. The largest absolute Gasteiger partial charge is 0.491 e. The Morgan fingerprint density at radius 3 is 2.58 bits per heavy atom. The molecule has 2 atom stereocenters. The number of hydrogen-bond acceptors (Lipinski definition) is 4. The van der Waals surface area contributed by atoms with Crippen molar-refractivity contribution in [1.29, 1.82) is 0 Å². The van der Waals surface area contributed by atoms with Crippen LogP contribution < -0.4 is 10.1 Å². The van der Waals surface area contributed by atoms with Crippen LogP contribution >= 0.6 is 12.4 Å². The highest BCUT2D eigenvalue weighted by molar-refractivity contribution is 5.94. The molecule has 2 fully saturated rings. The molecule has 6 heteroatoms. The highest BCUT2D eigenvalue weighted by Crippen LogP contribution is 2.28. The van der Waals surface area contributed by atoms with Gasteiger partial charge in [-0.1, -0.05) is 6.07 Å². The van der Waals surface area contributed by atoms with Gasteiger partial charge in [0.15, 0.2) is 0 Å². The summed E-state index contributed by atoms with van der Waals surface area (Å²) in [5.74, 6) is 2.31. The van der Waals surface area contributed by atoms with Crippen molar-refractivity contribution in [3.8, 4) is 5.75 Å². The molecule has 0 radical (unpaired) electrons. The van der Waals surface area contributed by atoms with Crippen molar-refractivity contribution in [1.82, 2.24) is 10.2 Å². The van der Waals surface area contributed by atoms with Crippen LogP contribution in [0.25, 0.3) is 0 Å². The lowest BCUT2D eigenvalue weighted by molar-refractivity contribution is 0.0758. The zero-order valence-electron chi connectivity index (χ0n) is 14.2. The van der Waals surface area contributed by atoms with E-state index in [-0.39, 0.29) is 18.3 Å². The van der Waals surface area contributed by atoms with Gasteiger partial charge in [0.1, 0.15) is 12.4 Å². The first kappa shape index (κ1) is 19.0. The molecule has 0 bridgehead atoms. The van der Waals surface area contributed by atoms with Crippen LogP contribution in [0.1, 0.15) is 23.2 Å². The van der Waals surface area contributed by atoms with Gasteiger partial charge in [0.25, 0.3) is 5.91 Å². The lowest BCUT2D eigenvalue weighted by Crippen LogP contribution is -2.32. The number of amides is 1. The van der Waals surface area contributed by atoms with Crippen LogP contribution in [0.5, 0.6) is 5.75 Å². The summed E-state index contributed by atoms with van der Waals surface area (Å²) in [5.41, 5.74) is 0.713. The molecule has 1 aromatic rings. The summed E-state index contributed by atoms with van der Waals surface area (Å²) in [6.07, 6.45) is 2.21. The fourth-order valence-corrected chi connectivity index (χ4v) is 3.57. The minimum absolute atomic E-state index is 0. The second-order valence-corrected chi connectivity index (χ2v) is 6.42. The number of likely N-dealkylation sites (tertiary alicyclic amines) is 1. The molecule has 0 aromatic heterocycles. The lowest BCUT2D eigenvalue weighted by atomic mass is 9.92. The van der Waals surface area contributed by atoms with Gasteiger partial charge in [-0.15, -0.1) is 12.4 Å². The standard InChI is InChI=1S/C18H26N2O3.ClH/c1-22-9-10-23-17-4-2-3-14(11-17)18(21)20-7-5-15-12-19-13-16(15)6-8-20;/h2-4,11,15-16,19H,5-10,12-13H2,1H3;1H/t15-,16+;. The van der Waals surface area contributed by atoms with E-state index in [0.717, 1.165) is 56.6 Å². The molecular weight excluding hydrogens is 328 g/mol. The Morgan fingerprint density at radius 1 is 1.21 bits per heavy atom. The van der Waals surface area contributed by atoms with Gasteiger partial charge in [-0.3, -0.25) is 4.79 Å². The van der Waals surface area contributed by atoms with E-state index in [0.29, 0.717) is 18.8 Å². The number of nitrogens with one attached hydrogen (secondary N) is 1. The number of methoxy groups -OCH3 is 1. The predicted molar refractivity (Wildman–Crippen MR) is 96.0 cm³/mol. The number of carbonyl (C=O) groups is 1. The first-order valence-electron chi connectivity index (χ1n) is 8.49. The molecule has 1 amide bonds. The van der Waals surface area contributed by atoms with E-state index < -0.39 is 0 Å². The maximum absolute atomic E-state index is 12.8. The number of carbonyl (C=O) groups excluding carboxylic acids is 1. The number of hydrogen-bond donors (Lipinski definition) is 1. The molecule has 24 heavy (non-hydrogen) atoms. The SMILES string of the molecule is COCCOc1cccc(C(=O)N2CC[C@@H]3CNC[C@@H]3CC2)c1.Cl. The van der Waals surface area contributed by atoms with Crippen LogP contribution in [0.2, 0.25) is 0 Å². The summed E-state index contributed by atoms with van der Waals surface area (Å²) in [6, 6.07) is 7.47. The van der Waals surface area contributed by atoms with E-state index >= 15 is 0 Å². The molecule has 0 aliphatic carbocycles. The zero-order chi connectivity index (χ0) is 16.1. The third-order valence-electron chi connectivity index (χ3n) is 4.94. The molecule has 2 saturated heterocycles. The van der Waals surface area contributed by atoms with E-state index in [4.69, 9.17) is 9.47 Å². The molecular formula is C18H27ClN2O3. The van der Waals surface area contributed by atoms with Crippen molar-refractivity contribution < 1.29 is 14.3 Å². The van der Waals surface area contributed by atoms with Crippen molar-refractivity contribution >= 4 is 18.3 Å². The molecule has 0 spiro atoms. The lowest BCUT2D eigenvalue weighted by Gasteiger charge is -2.21. The maximum atomic E-state index is 12.8. The summed E-state index contributed by atoms with van der Waals surface area (Å²) in [5, 5.41) is 3.47. The zero-order valence-corrected chi connectivity index (χ0v) is 15.0. The summed E-state index contributed by atoms with van der Waals surface area (Å²) in [6.45, 7) is 4.97. The van der Waals surface area contributed by atoms with Crippen molar-refractivity contribution in [3.63, 3.8) is 0 Å². The molecule has 2 aliphatic heterocycles. The van der Waals surface area contributed by atoms with Gasteiger partial charge < -0.3 is 19.7 Å². The summed E-state index contributed by atoms with van der Waals surface area (Å²) >= 11 is 0. The normalized spacial score (nSPS) is 23.1. The highest BCUT2D eigenvalue weighted by atomic mass is 35.5. The maximum Gasteiger partial charge on any atom is 0.253 e. The molecule has 0 saturated carbocycles. The monoisotopic (exact) mass is 354 g/mol. The van der Waals surface area contributed by atoms with Crippen molar-refractivity contribution in [3.05, 3.63) is 29.8 Å². The van der Waals surface area contributed by atoms with Crippen LogP contribution in [0.3, 0.4) is 0 Å². The Morgan fingerprint density at radius 2 is 1.92 bits per heavy atom. The first-order chi connectivity index (χ1) is 11.3. The third kappa shape index (κ3) is 4.62.